The van der Waals surface area contributed by atoms with Crippen LogP contribution in [0.2, 0.25) is 0 Å². The van der Waals surface area contributed by atoms with Crippen LogP contribution in [0.25, 0.3) is 10.9 Å². The number of nitrogens with one attached hydrogen (secondary N) is 1. The van der Waals surface area contributed by atoms with Crippen LogP contribution in [0.15, 0.2) is 30.3 Å². The number of anilines is 1. The van der Waals surface area contributed by atoms with E-state index in [9.17, 15) is 0 Å². The lowest BCUT2D eigenvalue weighted by Crippen LogP contribution is -2.25. The largest absolute Gasteiger partial charge is 0.370 e. The highest BCUT2D eigenvalue weighted by Gasteiger charge is 2.02. The lowest BCUT2D eigenvalue weighted by Gasteiger charge is -2.18. The van der Waals surface area contributed by atoms with E-state index in [1.807, 2.05) is 6.07 Å². The van der Waals surface area contributed by atoms with Gasteiger partial charge < -0.3 is 10.2 Å². The van der Waals surface area contributed by atoms with Crippen molar-refractivity contribution in [3.63, 3.8) is 0 Å². The highest BCUT2D eigenvalue weighted by atomic mass is 35.5. The molecule has 0 bridgehead atoms. The van der Waals surface area contributed by atoms with Gasteiger partial charge in [0.15, 0.2) is 0 Å². The summed E-state index contributed by atoms with van der Waals surface area (Å²) in [5, 5.41) is 4.68. The summed E-state index contributed by atoms with van der Waals surface area (Å²) in [7, 11) is 0. The second kappa shape index (κ2) is 10.7. The lowest BCUT2D eigenvalue weighted by atomic mass is 10.1. The average molecular weight is 344 g/mol. The lowest BCUT2D eigenvalue weighted by molar-refractivity contribution is 0.303. The molecule has 3 nitrogen and oxygen atoms in total. The van der Waals surface area contributed by atoms with Crippen molar-refractivity contribution in [1.82, 2.24) is 9.88 Å². The molecule has 124 valence electrons. The molecule has 0 unspecified atom stereocenters. The van der Waals surface area contributed by atoms with Crippen LogP contribution in [0.5, 0.6) is 0 Å². The third-order valence-corrected chi connectivity index (χ3v) is 3.77. The molecule has 22 heavy (non-hydrogen) atoms. The fourth-order valence-electron chi connectivity index (χ4n) is 2.50. The highest BCUT2D eigenvalue weighted by molar-refractivity contribution is 5.85. The summed E-state index contributed by atoms with van der Waals surface area (Å²) in [5.41, 5.74) is 2.35. The van der Waals surface area contributed by atoms with E-state index in [-0.39, 0.29) is 24.8 Å². The number of benzene rings is 1. The zero-order valence-electron chi connectivity index (χ0n) is 13.6. The van der Waals surface area contributed by atoms with E-state index in [2.05, 4.69) is 60.2 Å². The fraction of sp³-hybridized carbons (Fsp3) is 0.471. The van der Waals surface area contributed by atoms with Crippen LogP contribution >= 0.6 is 24.8 Å². The third-order valence-electron chi connectivity index (χ3n) is 3.77. The number of halogens is 2. The molecule has 1 N–H and O–H groups in total. The molecule has 0 saturated heterocycles. The highest BCUT2D eigenvalue weighted by Crippen LogP contribution is 2.19. The first-order valence-electron chi connectivity index (χ1n) is 7.57. The van der Waals surface area contributed by atoms with Gasteiger partial charge in [-0.3, -0.25) is 0 Å². The van der Waals surface area contributed by atoms with Crippen LogP contribution in [0.4, 0.5) is 5.82 Å². The number of aryl methyl sites for hydroxylation is 1. The van der Waals surface area contributed by atoms with Crippen molar-refractivity contribution in [2.75, 3.05) is 31.5 Å². The Morgan fingerprint density at radius 1 is 1.09 bits per heavy atom. The van der Waals surface area contributed by atoms with Gasteiger partial charge in [0.25, 0.3) is 0 Å². The molecule has 0 amide bonds. The standard InChI is InChI=1S/C17H25N3.2ClH/c1-4-20(5-2)12-8-11-18-17-13-14(3)15-9-6-7-10-16(15)19-17;;/h6-7,9-10,13H,4-5,8,11-12H2,1-3H3,(H,18,19);2*1H. The first-order valence-corrected chi connectivity index (χ1v) is 7.57. The molecule has 1 aromatic carbocycles. The van der Waals surface area contributed by atoms with Crippen molar-refractivity contribution < 1.29 is 0 Å². The van der Waals surface area contributed by atoms with Crippen molar-refractivity contribution in [1.29, 1.82) is 0 Å². The fourth-order valence-corrected chi connectivity index (χ4v) is 2.50. The van der Waals surface area contributed by atoms with Crippen molar-refractivity contribution in [2.24, 2.45) is 0 Å². The molecule has 1 aromatic heterocycles. The van der Waals surface area contributed by atoms with Gasteiger partial charge in [-0.1, -0.05) is 32.0 Å². The Labute approximate surface area is 146 Å². The first kappa shape index (κ1) is 21.0. The number of aromatic nitrogens is 1. The number of hydrogen-bond donors (Lipinski definition) is 1. The van der Waals surface area contributed by atoms with Crippen molar-refractivity contribution >= 4 is 41.5 Å². The third kappa shape index (κ3) is 5.64. The zero-order valence-corrected chi connectivity index (χ0v) is 15.3. The quantitative estimate of drug-likeness (QED) is 0.748. The Hall–Kier alpha value is -1.03. The molecule has 0 radical (unpaired) electrons. The van der Waals surface area contributed by atoms with Crippen LogP contribution in [0.3, 0.4) is 0 Å². The molecule has 5 heteroatoms. The maximum Gasteiger partial charge on any atom is 0.126 e. The molecule has 0 fully saturated rings. The Balaban J connectivity index is 0.00000220. The predicted octanol–water partition coefficient (Wildman–Crippen LogP) is 4.53. The average Bonchev–Trinajstić information content (AvgIpc) is 2.47. The topological polar surface area (TPSA) is 28.2 Å². The molecule has 0 saturated carbocycles. The Bertz CT molecular complexity index is 557. The summed E-state index contributed by atoms with van der Waals surface area (Å²) < 4.78 is 0. The minimum Gasteiger partial charge on any atom is -0.370 e. The number of para-hydroxylation sites is 1. The van der Waals surface area contributed by atoms with E-state index in [4.69, 9.17) is 0 Å². The molecule has 0 aliphatic carbocycles. The first-order chi connectivity index (χ1) is 9.74. The molecule has 0 aliphatic rings. The summed E-state index contributed by atoms with van der Waals surface area (Å²) in [4.78, 5) is 7.11. The predicted molar refractivity (Wildman–Crippen MR) is 102 cm³/mol. The van der Waals surface area contributed by atoms with Crippen LogP contribution in [0.1, 0.15) is 25.8 Å². The van der Waals surface area contributed by atoms with Crippen molar-refractivity contribution in [3.05, 3.63) is 35.9 Å². The molecular formula is C17H27Cl2N3. The number of pyridine rings is 1. The smallest absolute Gasteiger partial charge is 0.126 e. The maximum absolute atomic E-state index is 4.67. The van der Waals surface area contributed by atoms with E-state index < -0.39 is 0 Å². The van der Waals surface area contributed by atoms with E-state index in [0.29, 0.717) is 0 Å². The molecule has 0 spiro atoms. The van der Waals surface area contributed by atoms with Crippen LogP contribution in [-0.4, -0.2) is 36.1 Å². The van der Waals surface area contributed by atoms with Gasteiger partial charge >= 0.3 is 0 Å². The van der Waals surface area contributed by atoms with Crippen LogP contribution < -0.4 is 5.32 Å². The van der Waals surface area contributed by atoms with Crippen molar-refractivity contribution in [3.8, 4) is 0 Å². The summed E-state index contributed by atoms with van der Waals surface area (Å²) in [5.74, 6) is 0.987. The van der Waals surface area contributed by atoms with Gasteiger partial charge in [-0.2, -0.15) is 0 Å². The Morgan fingerprint density at radius 3 is 2.45 bits per heavy atom. The number of hydrogen-bond acceptors (Lipinski definition) is 3. The Kier molecular flexibility index (Phi) is 10.2. The summed E-state index contributed by atoms with van der Waals surface area (Å²) in [6, 6.07) is 10.4. The number of rotatable bonds is 7. The van der Waals surface area contributed by atoms with Crippen LogP contribution in [0, 0.1) is 6.92 Å². The minimum absolute atomic E-state index is 0. The zero-order chi connectivity index (χ0) is 14.4. The van der Waals surface area contributed by atoms with Gasteiger partial charge in [-0.05, 0) is 50.7 Å². The molecule has 0 atom stereocenters. The van der Waals surface area contributed by atoms with Gasteiger partial charge in [0.2, 0.25) is 0 Å². The van der Waals surface area contributed by atoms with E-state index in [1.165, 1.54) is 10.9 Å². The van der Waals surface area contributed by atoms with E-state index >= 15 is 0 Å². The Morgan fingerprint density at radius 2 is 1.77 bits per heavy atom. The van der Waals surface area contributed by atoms with E-state index in [0.717, 1.165) is 43.9 Å². The van der Waals surface area contributed by atoms with Gasteiger partial charge in [0.1, 0.15) is 5.82 Å². The molecular weight excluding hydrogens is 317 g/mol. The monoisotopic (exact) mass is 343 g/mol. The van der Waals surface area contributed by atoms with Crippen LogP contribution in [-0.2, 0) is 0 Å². The summed E-state index contributed by atoms with van der Waals surface area (Å²) >= 11 is 0. The SMILES string of the molecule is CCN(CC)CCCNc1cc(C)c2ccccc2n1.Cl.Cl. The number of nitrogens with zero attached hydrogens (tertiary/aromatic N) is 2. The normalized spacial score (nSPS) is 10.2. The van der Waals surface area contributed by atoms with Gasteiger partial charge in [-0.15, -0.1) is 24.8 Å². The van der Waals surface area contributed by atoms with Gasteiger partial charge in [0.05, 0.1) is 5.52 Å². The van der Waals surface area contributed by atoms with Gasteiger partial charge in [0, 0.05) is 11.9 Å². The van der Waals surface area contributed by atoms with E-state index in [1.54, 1.807) is 0 Å². The molecule has 1 heterocycles. The van der Waals surface area contributed by atoms with Gasteiger partial charge in [-0.25, -0.2) is 4.98 Å². The molecule has 2 aromatic rings. The van der Waals surface area contributed by atoms with Crippen molar-refractivity contribution in [2.45, 2.75) is 27.2 Å². The summed E-state index contributed by atoms with van der Waals surface area (Å²) in [6.45, 7) is 10.9. The molecule has 0 aliphatic heterocycles. The minimum atomic E-state index is 0. The second-order valence-electron chi connectivity index (χ2n) is 5.15. The second-order valence-corrected chi connectivity index (χ2v) is 5.15. The maximum atomic E-state index is 4.67. The number of fused-ring (bicyclic) bond motifs is 1. The summed E-state index contributed by atoms with van der Waals surface area (Å²) in [6.07, 6.45) is 1.15. The molecule has 2 rings (SSSR count).